The van der Waals surface area contributed by atoms with Gasteiger partial charge in [0.1, 0.15) is 0 Å². The monoisotopic (exact) mass is 266 g/mol. The van der Waals surface area contributed by atoms with Gasteiger partial charge in [-0.3, -0.25) is 0 Å². The largest absolute Gasteiger partial charge is 0.504 e. The second kappa shape index (κ2) is 3.36. The minimum absolute atomic E-state index is 0.222. The highest BCUT2D eigenvalue weighted by Gasteiger charge is 2.21. The van der Waals surface area contributed by atoms with Gasteiger partial charge in [0.2, 0.25) is 0 Å². The second-order valence-corrected chi connectivity index (χ2v) is 4.85. The number of aromatic hydroxyl groups is 4. The number of phenolic OH excluding ortho intramolecular Hbond substituents is 4. The molecule has 0 radical (unpaired) electrons. The highest BCUT2D eigenvalue weighted by Crippen LogP contribution is 2.51. The first-order chi connectivity index (χ1) is 9.61. The van der Waals surface area contributed by atoms with Gasteiger partial charge >= 0.3 is 0 Å². The van der Waals surface area contributed by atoms with Crippen LogP contribution in [0.2, 0.25) is 0 Å². The lowest BCUT2D eigenvalue weighted by atomic mass is 9.92. The molecular weight excluding hydrogens is 256 g/mol. The maximum Gasteiger partial charge on any atom is 0.166 e. The molecular formula is C16H10O4. The molecule has 0 unspecified atom stereocenters. The molecule has 0 saturated heterocycles. The molecule has 4 N–H and O–H groups in total. The van der Waals surface area contributed by atoms with E-state index in [0.717, 1.165) is 0 Å². The average molecular weight is 266 g/mol. The molecule has 0 atom stereocenters. The van der Waals surface area contributed by atoms with Crippen LogP contribution in [0.1, 0.15) is 0 Å². The van der Waals surface area contributed by atoms with Crippen molar-refractivity contribution in [1.29, 1.82) is 0 Å². The summed E-state index contributed by atoms with van der Waals surface area (Å²) in [6.07, 6.45) is 0. The number of benzene rings is 4. The topological polar surface area (TPSA) is 80.9 Å². The fourth-order valence-corrected chi connectivity index (χ4v) is 2.94. The summed E-state index contributed by atoms with van der Waals surface area (Å²) in [7, 11) is 0. The van der Waals surface area contributed by atoms with Gasteiger partial charge in [0.25, 0.3) is 0 Å². The molecule has 0 spiro atoms. The Morgan fingerprint density at radius 3 is 0.950 bits per heavy atom. The summed E-state index contributed by atoms with van der Waals surface area (Å²) < 4.78 is 0. The zero-order chi connectivity index (χ0) is 14.0. The normalized spacial score (nSPS) is 11.8. The summed E-state index contributed by atoms with van der Waals surface area (Å²) in [5.41, 5.74) is 0. The first kappa shape index (κ1) is 11.0. The summed E-state index contributed by atoms with van der Waals surface area (Å²) in [6, 6.07) is 9.97. The van der Waals surface area contributed by atoms with Crippen molar-refractivity contribution in [3.8, 4) is 23.0 Å². The quantitative estimate of drug-likeness (QED) is 0.290. The third-order valence-electron chi connectivity index (χ3n) is 3.85. The lowest BCUT2D eigenvalue weighted by molar-refractivity contribution is 0.411. The molecule has 20 heavy (non-hydrogen) atoms. The van der Waals surface area contributed by atoms with Crippen molar-refractivity contribution in [2.75, 3.05) is 0 Å². The molecule has 4 nitrogen and oxygen atoms in total. The van der Waals surface area contributed by atoms with Crippen LogP contribution < -0.4 is 0 Å². The van der Waals surface area contributed by atoms with Gasteiger partial charge in [-0.25, -0.2) is 0 Å². The van der Waals surface area contributed by atoms with Crippen LogP contribution in [0.4, 0.5) is 0 Å². The SMILES string of the molecule is Oc1c(O)c2cccc3c(O)c(O)c4cccc1c4c23. The molecule has 98 valence electrons. The van der Waals surface area contributed by atoms with Crippen LogP contribution in [0.3, 0.4) is 0 Å². The van der Waals surface area contributed by atoms with E-state index >= 15 is 0 Å². The van der Waals surface area contributed by atoms with Gasteiger partial charge in [-0.2, -0.15) is 0 Å². The Hall–Kier alpha value is -2.88. The number of hydrogen-bond acceptors (Lipinski definition) is 4. The van der Waals surface area contributed by atoms with Gasteiger partial charge in [0, 0.05) is 32.3 Å². The van der Waals surface area contributed by atoms with E-state index in [1.54, 1.807) is 36.4 Å². The van der Waals surface area contributed by atoms with Crippen LogP contribution in [-0.4, -0.2) is 20.4 Å². The van der Waals surface area contributed by atoms with Gasteiger partial charge in [0.15, 0.2) is 23.0 Å². The highest BCUT2D eigenvalue weighted by molar-refractivity contribution is 6.29. The van der Waals surface area contributed by atoms with E-state index in [2.05, 4.69) is 0 Å². The van der Waals surface area contributed by atoms with E-state index in [1.165, 1.54) is 0 Å². The van der Waals surface area contributed by atoms with Crippen LogP contribution in [-0.2, 0) is 0 Å². The molecule has 0 aliphatic carbocycles. The van der Waals surface area contributed by atoms with E-state index < -0.39 is 0 Å². The van der Waals surface area contributed by atoms with Crippen LogP contribution >= 0.6 is 0 Å². The Bertz CT molecular complexity index is 835. The summed E-state index contributed by atoms with van der Waals surface area (Å²) in [5, 5.41) is 43.6. The third-order valence-corrected chi connectivity index (χ3v) is 3.85. The first-order valence-corrected chi connectivity index (χ1v) is 6.13. The van der Waals surface area contributed by atoms with Gasteiger partial charge in [-0.05, 0) is 0 Å². The Balaban J connectivity index is 2.54. The minimum atomic E-state index is -0.222. The smallest absolute Gasteiger partial charge is 0.166 e. The summed E-state index contributed by atoms with van der Waals surface area (Å²) in [6.45, 7) is 0. The van der Waals surface area contributed by atoms with Crippen molar-refractivity contribution in [3.05, 3.63) is 36.4 Å². The summed E-state index contributed by atoms with van der Waals surface area (Å²) in [4.78, 5) is 0. The van der Waals surface area contributed by atoms with Crippen molar-refractivity contribution >= 4 is 32.3 Å². The maximum atomic E-state index is 10.1. The third kappa shape index (κ3) is 1.07. The minimum Gasteiger partial charge on any atom is -0.504 e. The van der Waals surface area contributed by atoms with Crippen molar-refractivity contribution in [2.24, 2.45) is 0 Å². The van der Waals surface area contributed by atoms with Crippen molar-refractivity contribution in [3.63, 3.8) is 0 Å². The molecule has 4 heteroatoms. The van der Waals surface area contributed by atoms with Crippen molar-refractivity contribution < 1.29 is 20.4 Å². The molecule has 0 aliphatic rings. The Morgan fingerprint density at radius 2 is 0.700 bits per heavy atom. The molecule has 4 aromatic rings. The van der Waals surface area contributed by atoms with E-state index in [1.807, 2.05) is 0 Å². The van der Waals surface area contributed by atoms with Crippen LogP contribution in [0, 0.1) is 0 Å². The van der Waals surface area contributed by atoms with E-state index in [9.17, 15) is 20.4 Å². The second-order valence-electron chi connectivity index (χ2n) is 4.85. The molecule has 0 bridgehead atoms. The molecule has 0 fully saturated rings. The van der Waals surface area contributed by atoms with Crippen LogP contribution in [0.25, 0.3) is 32.3 Å². The zero-order valence-corrected chi connectivity index (χ0v) is 10.3. The molecule has 0 amide bonds. The van der Waals surface area contributed by atoms with Crippen LogP contribution in [0.5, 0.6) is 23.0 Å². The summed E-state index contributed by atoms with van der Waals surface area (Å²) >= 11 is 0. The molecule has 0 aromatic heterocycles. The molecule has 4 rings (SSSR count). The number of rotatable bonds is 0. The Kier molecular flexibility index (Phi) is 1.85. The number of phenols is 4. The molecule has 0 heterocycles. The summed E-state index contributed by atoms with van der Waals surface area (Å²) in [5.74, 6) is -0.886. The van der Waals surface area contributed by atoms with Gasteiger partial charge in [-0.15, -0.1) is 0 Å². The van der Waals surface area contributed by atoms with Crippen LogP contribution in [0.15, 0.2) is 36.4 Å². The Labute approximate surface area is 113 Å². The average Bonchev–Trinajstić information content (AvgIpc) is 2.48. The van der Waals surface area contributed by atoms with Gasteiger partial charge in [0.05, 0.1) is 0 Å². The molecule has 0 saturated carbocycles. The van der Waals surface area contributed by atoms with E-state index in [-0.39, 0.29) is 23.0 Å². The van der Waals surface area contributed by atoms with Gasteiger partial charge in [-0.1, -0.05) is 36.4 Å². The predicted molar refractivity (Wildman–Crippen MR) is 76.8 cm³/mol. The van der Waals surface area contributed by atoms with E-state index in [4.69, 9.17) is 0 Å². The molecule has 0 aliphatic heterocycles. The first-order valence-electron chi connectivity index (χ1n) is 6.13. The fraction of sp³-hybridized carbons (Fsp3) is 0. The lowest BCUT2D eigenvalue weighted by Crippen LogP contribution is -1.87. The highest BCUT2D eigenvalue weighted by atomic mass is 16.3. The zero-order valence-electron chi connectivity index (χ0n) is 10.3. The standard InChI is InChI=1S/C16H10O4/c17-13-7-3-1-4-8-11(7)12-9(15(13)19)5-2-6-10(12)16(20)14(8)18/h1-6,17-20H. The number of hydrogen-bond donors (Lipinski definition) is 4. The fourth-order valence-electron chi connectivity index (χ4n) is 2.94. The van der Waals surface area contributed by atoms with Gasteiger partial charge < -0.3 is 20.4 Å². The van der Waals surface area contributed by atoms with Crippen molar-refractivity contribution in [2.45, 2.75) is 0 Å². The Morgan fingerprint density at radius 1 is 0.450 bits per heavy atom. The lowest BCUT2D eigenvalue weighted by Gasteiger charge is -2.15. The van der Waals surface area contributed by atoms with Crippen molar-refractivity contribution in [1.82, 2.24) is 0 Å². The van der Waals surface area contributed by atoms with E-state index in [0.29, 0.717) is 32.3 Å². The maximum absolute atomic E-state index is 10.1. The predicted octanol–water partition coefficient (Wildman–Crippen LogP) is 3.41. The molecule has 4 aromatic carbocycles.